The van der Waals surface area contributed by atoms with Crippen molar-refractivity contribution in [2.45, 2.75) is 44.1 Å². The number of carboxylic acid groups (broad SMARTS) is 1. The van der Waals surface area contributed by atoms with E-state index in [0.29, 0.717) is 25.7 Å². The zero-order valence-electron chi connectivity index (χ0n) is 10.1. The molecule has 1 amide bonds. The van der Waals surface area contributed by atoms with Gasteiger partial charge in [-0.05, 0) is 25.7 Å². The maximum absolute atomic E-state index is 12.0. The third-order valence-corrected chi connectivity index (χ3v) is 3.98. The average Bonchev–Trinajstić information content (AvgIpc) is 2.97. The second-order valence-corrected chi connectivity index (χ2v) is 5.48. The Balaban J connectivity index is 1.98. The van der Waals surface area contributed by atoms with E-state index in [4.69, 9.17) is 5.11 Å². The largest absolute Gasteiger partial charge is 0.480 e. The molecule has 0 aromatic heterocycles. The highest BCUT2D eigenvalue weighted by atomic mass is 16.4. The van der Waals surface area contributed by atoms with Crippen molar-refractivity contribution < 1.29 is 19.8 Å². The van der Waals surface area contributed by atoms with Crippen LogP contribution in [0.2, 0.25) is 0 Å². The minimum Gasteiger partial charge on any atom is -0.480 e. The summed E-state index contributed by atoms with van der Waals surface area (Å²) < 4.78 is 0. The lowest BCUT2D eigenvalue weighted by atomic mass is 10.00. The molecule has 0 aliphatic heterocycles. The number of nitrogens with zero attached hydrogens (tertiary/aromatic N) is 1. The van der Waals surface area contributed by atoms with Gasteiger partial charge in [-0.3, -0.25) is 9.59 Å². The van der Waals surface area contributed by atoms with Crippen molar-refractivity contribution in [1.82, 2.24) is 4.90 Å². The number of aliphatic hydroxyl groups is 1. The first-order chi connectivity index (χ1) is 7.90. The van der Waals surface area contributed by atoms with Crippen molar-refractivity contribution in [1.29, 1.82) is 0 Å². The quantitative estimate of drug-likeness (QED) is 0.707. The maximum Gasteiger partial charge on any atom is 0.319 e. The van der Waals surface area contributed by atoms with E-state index in [0.717, 1.165) is 12.8 Å². The summed E-state index contributed by atoms with van der Waals surface area (Å²) in [5, 5.41) is 19.2. The summed E-state index contributed by atoms with van der Waals surface area (Å²) in [6.07, 6.45) is 4.19. The van der Waals surface area contributed by atoms with E-state index in [1.807, 2.05) is 0 Å². The molecule has 0 atom stereocenters. The monoisotopic (exact) mass is 241 g/mol. The Morgan fingerprint density at radius 3 is 2.12 bits per heavy atom. The number of aliphatic carboxylic acids is 1. The molecule has 0 unspecified atom stereocenters. The van der Waals surface area contributed by atoms with Crippen molar-refractivity contribution in [2.24, 2.45) is 5.41 Å². The van der Waals surface area contributed by atoms with Crippen LogP contribution >= 0.6 is 0 Å². The first kappa shape index (κ1) is 12.4. The summed E-state index contributed by atoms with van der Waals surface area (Å²) in [6, 6.07) is 0. The Bertz CT molecular complexity index is 342. The molecule has 0 radical (unpaired) electrons. The van der Waals surface area contributed by atoms with Crippen LogP contribution in [0, 0.1) is 5.41 Å². The molecule has 2 rings (SSSR count). The second-order valence-electron chi connectivity index (χ2n) is 5.48. The van der Waals surface area contributed by atoms with Gasteiger partial charge in [-0.25, -0.2) is 0 Å². The van der Waals surface area contributed by atoms with Gasteiger partial charge in [0.25, 0.3) is 0 Å². The van der Waals surface area contributed by atoms with Crippen molar-refractivity contribution in [3.05, 3.63) is 0 Å². The Hall–Kier alpha value is -1.10. The third-order valence-electron chi connectivity index (χ3n) is 3.98. The molecule has 0 aromatic rings. The number of hydrogen-bond donors (Lipinski definition) is 2. The molecule has 0 bridgehead atoms. The summed E-state index contributed by atoms with van der Waals surface area (Å²) in [5.41, 5.74) is -2.00. The molecule has 17 heavy (non-hydrogen) atoms. The zero-order valence-corrected chi connectivity index (χ0v) is 10.1. The van der Waals surface area contributed by atoms with E-state index in [2.05, 4.69) is 0 Å². The predicted molar refractivity (Wildman–Crippen MR) is 60.4 cm³/mol. The molecule has 96 valence electrons. The van der Waals surface area contributed by atoms with Gasteiger partial charge in [0.1, 0.15) is 5.41 Å². The van der Waals surface area contributed by atoms with Gasteiger partial charge >= 0.3 is 5.97 Å². The van der Waals surface area contributed by atoms with E-state index in [1.165, 1.54) is 4.90 Å². The van der Waals surface area contributed by atoms with Crippen LogP contribution in [0.5, 0.6) is 0 Å². The molecule has 5 heteroatoms. The normalized spacial score (nSPS) is 24.4. The van der Waals surface area contributed by atoms with Gasteiger partial charge in [0.15, 0.2) is 0 Å². The second kappa shape index (κ2) is 3.98. The van der Waals surface area contributed by atoms with Crippen molar-refractivity contribution >= 4 is 11.9 Å². The lowest BCUT2D eigenvalue weighted by Crippen LogP contribution is -2.46. The molecule has 2 aliphatic rings. The standard InChI is InChI=1S/C12H19NO4/c1-13(8-11(17)4-2-3-5-11)9(14)12(6-7-12)10(15)16/h17H,2-8H2,1H3,(H,15,16). The van der Waals surface area contributed by atoms with Crippen LogP contribution in [-0.2, 0) is 9.59 Å². The van der Waals surface area contributed by atoms with Gasteiger partial charge < -0.3 is 15.1 Å². The molecule has 2 aliphatic carbocycles. The average molecular weight is 241 g/mol. The highest BCUT2D eigenvalue weighted by molar-refractivity contribution is 6.04. The minimum absolute atomic E-state index is 0.251. The molecule has 2 saturated carbocycles. The molecule has 0 heterocycles. The summed E-state index contributed by atoms with van der Waals surface area (Å²) >= 11 is 0. The van der Waals surface area contributed by atoms with Gasteiger partial charge in [0.2, 0.25) is 5.91 Å². The molecule has 2 fully saturated rings. The fourth-order valence-corrected chi connectivity index (χ4v) is 2.71. The molecular weight excluding hydrogens is 222 g/mol. The Kier molecular flexibility index (Phi) is 2.89. The Morgan fingerprint density at radius 1 is 1.18 bits per heavy atom. The van der Waals surface area contributed by atoms with E-state index in [9.17, 15) is 14.7 Å². The number of likely N-dealkylation sites (N-methyl/N-ethyl adjacent to an activating group) is 1. The number of amides is 1. The van der Waals surface area contributed by atoms with E-state index >= 15 is 0 Å². The lowest BCUT2D eigenvalue weighted by molar-refractivity contribution is -0.154. The van der Waals surface area contributed by atoms with E-state index in [-0.39, 0.29) is 12.5 Å². The molecular formula is C12H19NO4. The smallest absolute Gasteiger partial charge is 0.319 e. The third kappa shape index (κ3) is 2.16. The summed E-state index contributed by atoms with van der Waals surface area (Å²) in [7, 11) is 1.58. The number of carbonyl (C=O) groups excluding carboxylic acids is 1. The number of carbonyl (C=O) groups is 2. The fourth-order valence-electron chi connectivity index (χ4n) is 2.71. The first-order valence-electron chi connectivity index (χ1n) is 6.11. The van der Waals surface area contributed by atoms with Gasteiger partial charge in [0.05, 0.1) is 5.60 Å². The van der Waals surface area contributed by atoms with Gasteiger partial charge in [-0.2, -0.15) is 0 Å². The van der Waals surface area contributed by atoms with Crippen molar-refractivity contribution in [3.8, 4) is 0 Å². The van der Waals surface area contributed by atoms with E-state index < -0.39 is 17.0 Å². The van der Waals surface area contributed by atoms with Gasteiger partial charge in [0, 0.05) is 13.6 Å². The molecule has 0 saturated heterocycles. The van der Waals surface area contributed by atoms with Gasteiger partial charge in [-0.15, -0.1) is 0 Å². The van der Waals surface area contributed by atoms with Crippen LogP contribution in [0.15, 0.2) is 0 Å². The molecule has 0 aromatic carbocycles. The SMILES string of the molecule is CN(CC1(O)CCCC1)C(=O)C1(C(=O)O)CC1. The lowest BCUT2D eigenvalue weighted by Gasteiger charge is -2.30. The van der Waals surface area contributed by atoms with Crippen LogP contribution in [0.3, 0.4) is 0 Å². The molecule has 2 N–H and O–H groups in total. The highest BCUT2D eigenvalue weighted by Crippen LogP contribution is 2.47. The van der Waals surface area contributed by atoms with Crippen molar-refractivity contribution in [2.75, 3.05) is 13.6 Å². The van der Waals surface area contributed by atoms with Crippen LogP contribution in [0.25, 0.3) is 0 Å². The number of carboxylic acids is 1. The predicted octanol–water partition coefficient (Wildman–Crippen LogP) is 0.615. The van der Waals surface area contributed by atoms with Crippen LogP contribution in [-0.4, -0.2) is 46.2 Å². The van der Waals surface area contributed by atoms with Gasteiger partial charge in [-0.1, -0.05) is 12.8 Å². The Morgan fingerprint density at radius 2 is 1.71 bits per heavy atom. The topological polar surface area (TPSA) is 77.8 Å². The van der Waals surface area contributed by atoms with Crippen LogP contribution < -0.4 is 0 Å². The van der Waals surface area contributed by atoms with Crippen LogP contribution in [0.4, 0.5) is 0 Å². The van der Waals surface area contributed by atoms with Crippen molar-refractivity contribution in [3.63, 3.8) is 0 Å². The summed E-state index contributed by atoms with van der Waals surface area (Å²) in [4.78, 5) is 24.5. The Labute approximate surface area is 100 Å². The van der Waals surface area contributed by atoms with E-state index in [1.54, 1.807) is 7.05 Å². The maximum atomic E-state index is 12.0. The minimum atomic E-state index is -1.19. The number of hydrogen-bond acceptors (Lipinski definition) is 3. The van der Waals surface area contributed by atoms with Crippen LogP contribution in [0.1, 0.15) is 38.5 Å². The summed E-state index contributed by atoms with van der Waals surface area (Å²) in [6.45, 7) is 0.251. The summed E-state index contributed by atoms with van der Waals surface area (Å²) in [5.74, 6) is -1.39. The fraction of sp³-hybridized carbons (Fsp3) is 0.833. The zero-order chi connectivity index (χ0) is 12.7. The highest BCUT2D eigenvalue weighted by Gasteiger charge is 2.58. The molecule has 5 nitrogen and oxygen atoms in total. The first-order valence-corrected chi connectivity index (χ1v) is 6.11. The number of rotatable bonds is 4. The molecule has 0 spiro atoms.